The lowest BCUT2D eigenvalue weighted by atomic mass is 9.97. The molecule has 3 rings (SSSR count). The maximum atomic E-state index is 10.6. The Balaban J connectivity index is 2.03. The second kappa shape index (κ2) is 6.35. The smallest absolute Gasteiger partial charge is 0.106 e. The summed E-state index contributed by atoms with van der Waals surface area (Å²) in [6, 6.07) is 12.4. The molecular formula is C17H12Cl3NO. The van der Waals surface area contributed by atoms with Gasteiger partial charge in [-0.25, -0.2) is 0 Å². The molecule has 1 aromatic heterocycles. The summed E-state index contributed by atoms with van der Waals surface area (Å²) in [4.78, 5) is 3.02. The Morgan fingerprint density at radius 3 is 2.18 bits per heavy atom. The number of rotatable bonds is 3. The number of aromatic amines is 1. The molecule has 1 heterocycles. The first-order valence-electron chi connectivity index (χ1n) is 6.62. The molecule has 3 aromatic rings. The van der Waals surface area contributed by atoms with Gasteiger partial charge in [0.05, 0.1) is 0 Å². The summed E-state index contributed by atoms with van der Waals surface area (Å²) < 4.78 is 0. The molecule has 0 saturated carbocycles. The number of hydrogen-bond donors (Lipinski definition) is 2. The third-order valence-electron chi connectivity index (χ3n) is 3.48. The zero-order valence-electron chi connectivity index (χ0n) is 11.4. The molecule has 0 spiro atoms. The first kappa shape index (κ1) is 15.4. The van der Waals surface area contributed by atoms with Crippen molar-refractivity contribution in [3.8, 4) is 11.1 Å². The van der Waals surface area contributed by atoms with E-state index in [-0.39, 0.29) is 0 Å². The SMILES string of the molecule is OC(c1ccc(Cl)cc1)c1c[nH]cc1-c1ccc(Cl)cc1Cl. The molecule has 0 radical (unpaired) electrons. The van der Waals surface area contributed by atoms with E-state index in [1.54, 1.807) is 42.6 Å². The van der Waals surface area contributed by atoms with Crippen molar-refractivity contribution in [2.75, 3.05) is 0 Å². The van der Waals surface area contributed by atoms with E-state index in [0.717, 1.165) is 22.3 Å². The molecule has 0 aliphatic carbocycles. The minimum atomic E-state index is -0.773. The Morgan fingerprint density at radius 2 is 1.50 bits per heavy atom. The number of hydrogen-bond acceptors (Lipinski definition) is 1. The van der Waals surface area contributed by atoms with Crippen LogP contribution in [0.2, 0.25) is 15.1 Å². The maximum Gasteiger partial charge on any atom is 0.106 e. The molecule has 2 aromatic carbocycles. The van der Waals surface area contributed by atoms with Crippen LogP contribution in [-0.4, -0.2) is 10.1 Å². The third kappa shape index (κ3) is 3.01. The van der Waals surface area contributed by atoms with Gasteiger partial charge in [0.2, 0.25) is 0 Å². The second-order valence-electron chi connectivity index (χ2n) is 4.90. The number of aliphatic hydroxyl groups excluding tert-OH is 1. The quantitative estimate of drug-likeness (QED) is 0.621. The molecule has 0 fully saturated rings. The number of aromatic nitrogens is 1. The molecule has 0 aliphatic rings. The Bertz CT molecular complexity index is 796. The van der Waals surface area contributed by atoms with E-state index in [1.165, 1.54) is 0 Å². The minimum absolute atomic E-state index is 0.539. The van der Waals surface area contributed by atoms with E-state index in [0.29, 0.717) is 15.1 Å². The lowest BCUT2D eigenvalue weighted by molar-refractivity contribution is 0.221. The minimum Gasteiger partial charge on any atom is -0.384 e. The molecule has 0 amide bonds. The van der Waals surface area contributed by atoms with Crippen LogP contribution in [-0.2, 0) is 0 Å². The van der Waals surface area contributed by atoms with Crippen molar-refractivity contribution in [1.82, 2.24) is 4.98 Å². The normalized spacial score (nSPS) is 12.4. The summed E-state index contributed by atoms with van der Waals surface area (Å²) in [5.74, 6) is 0. The van der Waals surface area contributed by atoms with Gasteiger partial charge in [0.25, 0.3) is 0 Å². The van der Waals surface area contributed by atoms with Crippen LogP contribution in [0, 0.1) is 0 Å². The van der Waals surface area contributed by atoms with Crippen LogP contribution in [0.25, 0.3) is 11.1 Å². The van der Waals surface area contributed by atoms with Crippen molar-refractivity contribution in [3.05, 3.63) is 81.1 Å². The fraction of sp³-hybridized carbons (Fsp3) is 0.0588. The number of H-pyrrole nitrogens is 1. The third-order valence-corrected chi connectivity index (χ3v) is 4.28. The van der Waals surface area contributed by atoms with Crippen LogP contribution in [0.4, 0.5) is 0 Å². The van der Waals surface area contributed by atoms with E-state index >= 15 is 0 Å². The molecule has 2 N–H and O–H groups in total. The van der Waals surface area contributed by atoms with Crippen LogP contribution in [0.15, 0.2) is 54.9 Å². The molecule has 22 heavy (non-hydrogen) atoms. The van der Waals surface area contributed by atoms with Crippen LogP contribution in [0.1, 0.15) is 17.2 Å². The Hall–Kier alpha value is -1.45. The molecule has 5 heteroatoms. The molecular weight excluding hydrogens is 341 g/mol. The Morgan fingerprint density at radius 1 is 0.818 bits per heavy atom. The monoisotopic (exact) mass is 351 g/mol. The highest BCUT2D eigenvalue weighted by Gasteiger charge is 2.18. The molecule has 112 valence electrons. The van der Waals surface area contributed by atoms with E-state index in [2.05, 4.69) is 4.98 Å². The summed E-state index contributed by atoms with van der Waals surface area (Å²) in [6.45, 7) is 0. The van der Waals surface area contributed by atoms with Crippen LogP contribution in [0.3, 0.4) is 0 Å². The predicted octanol–water partition coefficient (Wildman–Crippen LogP) is 5.72. The summed E-state index contributed by atoms with van der Waals surface area (Å²) in [6.07, 6.45) is 2.80. The number of aliphatic hydroxyl groups is 1. The van der Waals surface area contributed by atoms with Gasteiger partial charge in [-0.3, -0.25) is 0 Å². The fourth-order valence-electron chi connectivity index (χ4n) is 2.37. The van der Waals surface area contributed by atoms with Gasteiger partial charge in [-0.2, -0.15) is 0 Å². The Kier molecular flexibility index (Phi) is 4.46. The lowest BCUT2D eigenvalue weighted by Gasteiger charge is -2.13. The van der Waals surface area contributed by atoms with Gasteiger partial charge in [-0.05, 0) is 29.8 Å². The van der Waals surface area contributed by atoms with Crippen molar-refractivity contribution in [1.29, 1.82) is 0 Å². The standard InChI is InChI=1S/C17H12Cl3NO/c18-11-3-1-10(2-4-11)17(22)15-9-21-8-14(15)13-6-5-12(19)7-16(13)20/h1-9,17,21-22H. The van der Waals surface area contributed by atoms with Gasteiger partial charge in [0, 0.05) is 44.2 Å². The predicted molar refractivity (Wildman–Crippen MR) is 91.8 cm³/mol. The second-order valence-corrected chi connectivity index (χ2v) is 6.18. The highest BCUT2D eigenvalue weighted by molar-refractivity contribution is 6.36. The van der Waals surface area contributed by atoms with Gasteiger partial charge in [0.15, 0.2) is 0 Å². The number of benzene rings is 2. The maximum absolute atomic E-state index is 10.6. The average Bonchev–Trinajstić information content (AvgIpc) is 2.96. The molecule has 0 saturated heterocycles. The Labute approximate surface area is 143 Å². The van der Waals surface area contributed by atoms with Crippen molar-refractivity contribution in [3.63, 3.8) is 0 Å². The lowest BCUT2D eigenvalue weighted by Crippen LogP contribution is -1.99. The summed E-state index contributed by atoms with van der Waals surface area (Å²) in [5.41, 5.74) is 3.15. The van der Waals surface area contributed by atoms with Crippen LogP contribution < -0.4 is 0 Å². The van der Waals surface area contributed by atoms with Gasteiger partial charge in [-0.1, -0.05) is 53.0 Å². The highest BCUT2D eigenvalue weighted by atomic mass is 35.5. The van der Waals surface area contributed by atoms with Crippen molar-refractivity contribution in [2.45, 2.75) is 6.10 Å². The zero-order chi connectivity index (χ0) is 15.7. The summed E-state index contributed by atoms with van der Waals surface area (Å²) >= 11 is 18.1. The molecule has 2 nitrogen and oxygen atoms in total. The molecule has 0 bridgehead atoms. The average molecular weight is 353 g/mol. The fourth-order valence-corrected chi connectivity index (χ4v) is 3.00. The number of halogens is 3. The topological polar surface area (TPSA) is 36.0 Å². The first-order valence-corrected chi connectivity index (χ1v) is 7.75. The van der Waals surface area contributed by atoms with Crippen molar-refractivity contribution in [2.24, 2.45) is 0 Å². The number of nitrogens with one attached hydrogen (secondary N) is 1. The van der Waals surface area contributed by atoms with Crippen LogP contribution in [0.5, 0.6) is 0 Å². The first-order chi connectivity index (χ1) is 10.6. The van der Waals surface area contributed by atoms with E-state index < -0.39 is 6.10 Å². The van der Waals surface area contributed by atoms with E-state index in [1.807, 2.05) is 12.3 Å². The summed E-state index contributed by atoms with van der Waals surface area (Å²) in [7, 11) is 0. The van der Waals surface area contributed by atoms with Gasteiger partial charge in [-0.15, -0.1) is 0 Å². The van der Waals surface area contributed by atoms with E-state index in [9.17, 15) is 5.11 Å². The largest absolute Gasteiger partial charge is 0.384 e. The van der Waals surface area contributed by atoms with Gasteiger partial charge >= 0.3 is 0 Å². The van der Waals surface area contributed by atoms with E-state index in [4.69, 9.17) is 34.8 Å². The highest BCUT2D eigenvalue weighted by Crippen LogP contribution is 2.36. The van der Waals surface area contributed by atoms with Crippen molar-refractivity contribution >= 4 is 34.8 Å². The van der Waals surface area contributed by atoms with Gasteiger partial charge in [0.1, 0.15) is 6.10 Å². The van der Waals surface area contributed by atoms with Gasteiger partial charge < -0.3 is 10.1 Å². The molecule has 0 aliphatic heterocycles. The zero-order valence-corrected chi connectivity index (χ0v) is 13.6. The molecule has 1 atom stereocenters. The van der Waals surface area contributed by atoms with Crippen LogP contribution >= 0.6 is 34.8 Å². The summed E-state index contributed by atoms with van der Waals surface area (Å²) in [5, 5.41) is 12.4. The van der Waals surface area contributed by atoms with Crippen molar-refractivity contribution < 1.29 is 5.11 Å². The molecule has 1 unspecified atom stereocenters.